The molecule has 0 amide bonds. The van der Waals surface area contributed by atoms with Gasteiger partial charge in [-0.25, -0.2) is 0 Å². The van der Waals surface area contributed by atoms with E-state index in [4.69, 9.17) is 5.39 Å². The van der Waals surface area contributed by atoms with Crippen LogP contribution in [0.15, 0.2) is 0 Å². The van der Waals surface area contributed by atoms with Gasteiger partial charge in [0.2, 0.25) is 5.39 Å². The summed E-state index contributed by atoms with van der Waals surface area (Å²) < 4.78 is 4.49. The van der Waals surface area contributed by atoms with Gasteiger partial charge in [0.25, 0.3) is 0 Å². The van der Waals surface area contributed by atoms with Gasteiger partial charge in [-0.1, -0.05) is 6.92 Å². The van der Waals surface area contributed by atoms with Gasteiger partial charge in [0.15, 0.2) is 4.98 Å². The fourth-order valence-corrected chi connectivity index (χ4v) is 0.380. The van der Waals surface area contributed by atoms with Gasteiger partial charge in [0, 0.05) is 6.92 Å². The zero-order valence-corrected chi connectivity index (χ0v) is 5.50. The van der Waals surface area contributed by atoms with Gasteiger partial charge in [-0.2, -0.15) is 0 Å². The highest BCUT2D eigenvalue weighted by atomic mass is 16.6. The van der Waals surface area contributed by atoms with Gasteiger partial charge in [-0.15, -0.1) is 0 Å². The maximum Gasteiger partial charge on any atom is 0.457 e. The summed E-state index contributed by atoms with van der Waals surface area (Å²) in [5.41, 5.74) is 0. The largest absolute Gasteiger partial charge is 0.457 e. The monoisotopic (exact) mass is 129 g/mol. The summed E-state index contributed by atoms with van der Waals surface area (Å²) in [6.07, 6.45) is -0.196. The molecule has 0 aliphatic carbocycles. The van der Waals surface area contributed by atoms with Crippen LogP contribution in [0.2, 0.25) is 0 Å². The van der Waals surface area contributed by atoms with Gasteiger partial charge >= 0.3 is 12.2 Å². The van der Waals surface area contributed by atoms with Crippen LogP contribution in [-0.2, 0) is 9.53 Å². The third-order valence-electron chi connectivity index (χ3n) is 0.780. The molecule has 1 unspecified atom stereocenters. The summed E-state index contributed by atoms with van der Waals surface area (Å²) in [6, 6.07) is 0. The molecule has 4 nitrogen and oxygen atoms in total. The van der Waals surface area contributed by atoms with E-state index in [1.807, 2.05) is 0 Å². The number of esters is 1. The van der Waals surface area contributed by atoms with E-state index < -0.39 is 12.2 Å². The molecule has 0 saturated carbocycles. The van der Waals surface area contributed by atoms with Crippen molar-refractivity contribution in [3.63, 3.8) is 0 Å². The van der Waals surface area contributed by atoms with Crippen molar-refractivity contribution in [1.29, 1.82) is 5.39 Å². The molecule has 0 saturated heterocycles. The predicted octanol–water partition coefficient (Wildman–Crippen LogP) is 1.14. The number of carbonyl (C=O) groups is 1. The molecule has 0 aromatic heterocycles. The highest BCUT2D eigenvalue weighted by Crippen LogP contribution is 1.98. The van der Waals surface area contributed by atoms with Gasteiger partial charge in [0.05, 0.1) is 6.42 Å². The summed E-state index contributed by atoms with van der Waals surface area (Å²) in [5, 5.41) is 8.12. The van der Waals surface area contributed by atoms with E-state index in [9.17, 15) is 4.79 Å². The Morgan fingerprint density at radius 1 is 1.89 bits per heavy atom. The lowest BCUT2D eigenvalue weighted by Gasteiger charge is -1.93. The normalized spacial score (nSPS) is 11.7. The van der Waals surface area contributed by atoms with E-state index in [1.165, 1.54) is 6.92 Å². The Balaban J connectivity index is 3.60. The van der Waals surface area contributed by atoms with Crippen molar-refractivity contribution in [2.75, 3.05) is 0 Å². The van der Waals surface area contributed by atoms with Crippen LogP contribution in [0, 0.1) is 5.39 Å². The fraction of sp³-hybridized carbons (Fsp3) is 0.800. The fourth-order valence-electron chi connectivity index (χ4n) is 0.380. The van der Waals surface area contributed by atoms with E-state index >= 15 is 0 Å². The van der Waals surface area contributed by atoms with Crippen molar-refractivity contribution < 1.29 is 9.53 Å². The molecule has 0 aromatic carbocycles. The molecule has 0 aromatic rings. The Hall–Kier alpha value is -1.11. The molecule has 0 aliphatic heterocycles. The number of ether oxygens (including phenoxy) is 1. The summed E-state index contributed by atoms with van der Waals surface area (Å²) in [5.74, 6) is -0.431. The molecule has 4 heteroatoms. The lowest BCUT2D eigenvalue weighted by molar-refractivity contribution is -0.144. The summed E-state index contributed by atoms with van der Waals surface area (Å²) in [6.45, 7) is 3.03. The van der Waals surface area contributed by atoms with Gasteiger partial charge < -0.3 is 4.74 Å². The molecule has 9 heavy (non-hydrogen) atoms. The average Bonchev–Trinajstić information content (AvgIpc) is 1.82. The van der Waals surface area contributed by atoms with Crippen LogP contribution in [0.1, 0.15) is 20.3 Å². The summed E-state index contributed by atoms with van der Waals surface area (Å²) in [7, 11) is 0. The third kappa shape index (κ3) is 3.47. The molecule has 0 radical (unpaired) electrons. The van der Waals surface area contributed by atoms with Crippen molar-refractivity contribution in [1.82, 2.24) is 0 Å². The van der Waals surface area contributed by atoms with Crippen molar-refractivity contribution >= 4 is 5.97 Å². The van der Waals surface area contributed by atoms with Crippen LogP contribution in [0.3, 0.4) is 0 Å². The van der Waals surface area contributed by atoms with Crippen LogP contribution >= 0.6 is 0 Å². The van der Waals surface area contributed by atoms with E-state index in [0.29, 0.717) is 6.42 Å². The minimum atomic E-state index is -0.692. The third-order valence-corrected chi connectivity index (χ3v) is 0.780. The van der Waals surface area contributed by atoms with Crippen molar-refractivity contribution in [3.8, 4) is 0 Å². The maximum atomic E-state index is 10.2. The lowest BCUT2D eigenvalue weighted by atomic mass is 10.4. The van der Waals surface area contributed by atoms with E-state index in [2.05, 4.69) is 9.71 Å². The number of hydrogen-bond acceptors (Lipinski definition) is 3. The van der Waals surface area contributed by atoms with Gasteiger partial charge in [-0.05, 0) is 0 Å². The number of carbonyl (C=O) groups excluding carboxylic acids is 1. The summed E-state index contributed by atoms with van der Waals surface area (Å²) in [4.78, 5) is 13.0. The maximum absolute atomic E-state index is 10.2. The molecule has 0 N–H and O–H groups in total. The topological polar surface area (TPSA) is 54.4 Å². The smallest absolute Gasteiger partial charge is 0.386 e. The number of nitrogens with zero attached hydrogens (tertiary/aromatic N) is 2. The molecule has 0 bridgehead atoms. The Labute approximate surface area is 53.4 Å². The quantitative estimate of drug-likeness (QED) is 0.415. The van der Waals surface area contributed by atoms with Crippen LogP contribution in [-0.4, -0.2) is 12.2 Å². The second-order valence-corrected chi connectivity index (χ2v) is 1.59. The molecule has 50 valence electrons. The highest BCUT2D eigenvalue weighted by molar-refractivity contribution is 5.66. The van der Waals surface area contributed by atoms with Crippen molar-refractivity contribution in [2.24, 2.45) is 0 Å². The Morgan fingerprint density at radius 2 is 2.44 bits per heavy atom. The highest BCUT2D eigenvalue weighted by Gasteiger charge is 2.18. The number of rotatable bonds is 2. The Kier molecular flexibility index (Phi) is 3.37. The molecule has 0 rings (SSSR count). The molecule has 0 spiro atoms. The number of hydrogen-bond donors (Lipinski definition) is 0. The first-order valence-electron chi connectivity index (χ1n) is 2.72. The molecule has 0 aliphatic rings. The zero-order chi connectivity index (χ0) is 7.28. The molecular weight excluding hydrogens is 120 g/mol. The van der Waals surface area contributed by atoms with Crippen molar-refractivity contribution in [2.45, 2.75) is 26.5 Å². The SMILES string of the molecule is CCC([N+]#N)OC(C)=O. The first-order chi connectivity index (χ1) is 4.20. The Bertz CT molecular complexity index is 138. The van der Waals surface area contributed by atoms with Gasteiger partial charge in [0.1, 0.15) is 0 Å². The zero-order valence-electron chi connectivity index (χ0n) is 5.50. The van der Waals surface area contributed by atoms with E-state index in [0.717, 1.165) is 0 Å². The van der Waals surface area contributed by atoms with E-state index in [1.54, 1.807) is 6.92 Å². The van der Waals surface area contributed by atoms with Gasteiger partial charge in [-0.3, -0.25) is 4.79 Å². The summed E-state index contributed by atoms with van der Waals surface area (Å²) >= 11 is 0. The minimum Gasteiger partial charge on any atom is -0.386 e. The number of diazo groups is 1. The lowest BCUT2D eigenvalue weighted by Crippen LogP contribution is -2.10. The minimum absolute atomic E-state index is 0.431. The first-order valence-corrected chi connectivity index (χ1v) is 2.72. The molecule has 0 heterocycles. The van der Waals surface area contributed by atoms with E-state index in [-0.39, 0.29) is 0 Å². The van der Waals surface area contributed by atoms with Crippen LogP contribution in [0.5, 0.6) is 0 Å². The van der Waals surface area contributed by atoms with Crippen LogP contribution < -0.4 is 0 Å². The molecular formula is C5H9N2O2+. The van der Waals surface area contributed by atoms with Crippen LogP contribution in [0.25, 0.3) is 4.98 Å². The molecule has 1 atom stereocenters. The molecule has 0 fully saturated rings. The second kappa shape index (κ2) is 3.84. The average molecular weight is 129 g/mol. The standard InChI is InChI=1S/C5H9N2O2/c1-3-5(7-6)9-4(2)8/h5H,3H2,1-2H3/q+1. The predicted molar refractivity (Wildman–Crippen MR) is 30.9 cm³/mol. The van der Waals surface area contributed by atoms with Crippen molar-refractivity contribution in [3.05, 3.63) is 4.98 Å². The van der Waals surface area contributed by atoms with Crippen LogP contribution in [0.4, 0.5) is 0 Å². The second-order valence-electron chi connectivity index (χ2n) is 1.59. The first kappa shape index (κ1) is 7.89. The Morgan fingerprint density at radius 3 is 2.56 bits per heavy atom.